The molecule has 0 saturated heterocycles. The summed E-state index contributed by atoms with van der Waals surface area (Å²) in [5.41, 5.74) is -2.13. The molecule has 0 unspecified atom stereocenters. The third kappa shape index (κ3) is 4.84. The molecule has 4 nitrogen and oxygen atoms in total. The first-order chi connectivity index (χ1) is 31.6. The minimum atomic E-state index is -0.902. The molecular weight excluding hydrogens is 574 g/mol. The second-order valence-corrected chi connectivity index (χ2v) is 10.1. The fraction of sp³-hybridized carbons (Fsp3) is 0. The van der Waals surface area contributed by atoms with Crippen molar-refractivity contribution in [2.24, 2.45) is 0 Å². The van der Waals surface area contributed by atoms with E-state index in [1.165, 1.54) is 0 Å². The molecule has 4 heteroatoms. The van der Waals surface area contributed by atoms with E-state index in [9.17, 15) is 8.22 Å². The molecule has 0 aliphatic carbocycles. The zero-order chi connectivity index (χ0) is 48.6. The van der Waals surface area contributed by atoms with Crippen LogP contribution < -0.4 is 0 Å². The highest BCUT2D eigenvalue weighted by molar-refractivity contribution is 6.12. The second kappa shape index (κ2) is 11.2. The molecule has 2 heterocycles. The van der Waals surface area contributed by atoms with Crippen molar-refractivity contribution in [3.05, 3.63) is 163 Å². The molecule has 9 aromatic rings. The van der Waals surface area contributed by atoms with E-state index in [4.69, 9.17) is 23.6 Å². The van der Waals surface area contributed by atoms with Crippen molar-refractivity contribution in [3.63, 3.8) is 0 Å². The van der Waals surface area contributed by atoms with Crippen molar-refractivity contribution < 1.29 is 31.8 Å². The Balaban J connectivity index is 1.40. The van der Waals surface area contributed by atoms with Crippen molar-refractivity contribution in [1.82, 2.24) is 15.0 Å². The van der Waals surface area contributed by atoms with Gasteiger partial charge in [-0.15, -0.1) is 0 Å². The van der Waals surface area contributed by atoms with Gasteiger partial charge in [0.05, 0.1) is 27.4 Å². The van der Waals surface area contributed by atoms with Crippen LogP contribution in [0.2, 0.25) is 0 Å². The van der Waals surface area contributed by atoms with Gasteiger partial charge in [0.25, 0.3) is 0 Å². The molecular formula is C43H27N3O. The van der Waals surface area contributed by atoms with Gasteiger partial charge in [0.15, 0.2) is 17.5 Å². The topological polar surface area (TPSA) is 51.8 Å². The second-order valence-electron chi connectivity index (χ2n) is 10.1. The minimum Gasteiger partial charge on any atom is -0.456 e. The van der Waals surface area contributed by atoms with Crippen molar-refractivity contribution in [1.29, 1.82) is 0 Å². The SMILES string of the molecule is [2H]c1c([2H])c([2H])c(-c2nc(-c3c([2H])c([2H])c(-c4cccc5oc6ccccc6c45)c([2H])c3[2H])nc(-c3c([2H])c([2H])c([2H])c4c([2H])c(-c5c([2H])c([2H])c([2H])c([2H])c5[2H])c([2H])c([2H])c34)n2)c([2H])c1[2H]. The van der Waals surface area contributed by atoms with Crippen LogP contribution in [-0.4, -0.2) is 15.0 Å². The van der Waals surface area contributed by atoms with Crippen LogP contribution in [0.3, 0.4) is 0 Å². The van der Waals surface area contributed by atoms with Crippen LogP contribution in [0.4, 0.5) is 0 Å². The molecule has 0 bridgehead atoms. The Labute approximate surface area is 299 Å². The van der Waals surface area contributed by atoms with Crippen molar-refractivity contribution in [3.8, 4) is 56.4 Å². The predicted molar refractivity (Wildman–Crippen MR) is 192 cm³/mol. The van der Waals surface area contributed by atoms with Crippen molar-refractivity contribution in [2.45, 2.75) is 0 Å². The van der Waals surface area contributed by atoms with E-state index in [1.54, 1.807) is 42.5 Å². The van der Waals surface area contributed by atoms with E-state index in [-0.39, 0.29) is 11.1 Å². The summed E-state index contributed by atoms with van der Waals surface area (Å²) in [6.07, 6.45) is 0. The molecule has 0 radical (unpaired) electrons. The predicted octanol–water partition coefficient (Wildman–Crippen LogP) is 11.3. The molecule has 47 heavy (non-hydrogen) atoms. The normalized spacial score (nSPS) is 17.4. The third-order valence-electron chi connectivity index (χ3n) is 7.29. The molecule has 220 valence electrons. The summed E-state index contributed by atoms with van der Waals surface area (Å²) >= 11 is 0. The maximum atomic E-state index is 9.32. The highest BCUT2D eigenvalue weighted by Gasteiger charge is 2.16. The number of benzene rings is 7. The largest absolute Gasteiger partial charge is 0.456 e. The maximum absolute atomic E-state index is 9.32. The van der Waals surface area contributed by atoms with Crippen molar-refractivity contribution >= 4 is 32.7 Å². The van der Waals surface area contributed by atoms with E-state index in [1.807, 2.05) is 0 Å². The maximum Gasteiger partial charge on any atom is 0.164 e. The first kappa shape index (κ1) is 13.5. The van der Waals surface area contributed by atoms with Crippen LogP contribution >= 0.6 is 0 Å². The molecule has 0 atom stereocenters. The van der Waals surface area contributed by atoms with Gasteiger partial charge in [-0.1, -0.05) is 145 Å². The van der Waals surface area contributed by atoms with Gasteiger partial charge in [-0.3, -0.25) is 0 Å². The molecule has 0 saturated carbocycles. The lowest BCUT2D eigenvalue weighted by atomic mass is 9.98. The Kier molecular flexibility index (Phi) is 3.23. The number of nitrogens with zero attached hydrogens (tertiary/aromatic N) is 3. The molecule has 0 fully saturated rings. The summed E-state index contributed by atoms with van der Waals surface area (Å²) in [4.78, 5) is 13.2. The van der Waals surface area contributed by atoms with Gasteiger partial charge in [0, 0.05) is 27.5 Å². The molecule has 2 aromatic heterocycles. The third-order valence-corrected chi connectivity index (χ3v) is 7.29. The standard InChI is InChI=1S/C43H27N3O/c1-3-11-28(12-4-1)32-25-26-34-33(27-32)15-9-18-36(34)43-45-41(30-13-5-2-6-14-30)44-42(46-43)31-23-21-29(22-24-31)35-17-10-20-39-40(35)37-16-7-8-19-38(37)47-39/h1-27H/i1D,2D,3D,4D,5D,6D,9D,11D,12D,13D,14D,15D,18D,21D,22D,23D,24D,25D,26D,27D. The molecule has 0 N–H and O–H groups in total. The van der Waals surface area contributed by atoms with Crippen LogP contribution in [0.15, 0.2) is 168 Å². The van der Waals surface area contributed by atoms with Crippen LogP contribution in [-0.2, 0) is 0 Å². The average molecular weight is 622 g/mol. The van der Waals surface area contributed by atoms with E-state index < -0.39 is 177 Å². The number of hydrogen-bond donors (Lipinski definition) is 0. The number of aromatic nitrogens is 3. The van der Waals surface area contributed by atoms with Crippen LogP contribution in [0.25, 0.3) is 89.1 Å². The zero-order valence-corrected chi connectivity index (χ0v) is 23.8. The smallest absolute Gasteiger partial charge is 0.164 e. The first-order valence-electron chi connectivity index (χ1n) is 24.1. The summed E-state index contributed by atoms with van der Waals surface area (Å²) in [5.74, 6) is -2.16. The summed E-state index contributed by atoms with van der Waals surface area (Å²) < 4.78 is 182. The highest BCUT2D eigenvalue weighted by Crippen LogP contribution is 2.37. The fourth-order valence-electron chi connectivity index (χ4n) is 5.19. The lowest BCUT2D eigenvalue weighted by Crippen LogP contribution is -2.00. The molecule has 9 rings (SSSR count). The van der Waals surface area contributed by atoms with E-state index in [0.29, 0.717) is 21.9 Å². The van der Waals surface area contributed by atoms with Gasteiger partial charge in [-0.25, -0.2) is 15.0 Å². The fourth-order valence-corrected chi connectivity index (χ4v) is 5.19. The first-order valence-corrected chi connectivity index (χ1v) is 14.1. The number of para-hydroxylation sites is 1. The molecule has 0 spiro atoms. The summed E-state index contributed by atoms with van der Waals surface area (Å²) in [6, 6.07) is -4.03. The van der Waals surface area contributed by atoms with Crippen LogP contribution in [0.1, 0.15) is 27.4 Å². The Hall–Kier alpha value is -6.39. The van der Waals surface area contributed by atoms with Crippen LogP contribution in [0.5, 0.6) is 0 Å². The van der Waals surface area contributed by atoms with Gasteiger partial charge in [0.1, 0.15) is 11.2 Å². The van der Waals surface area contributed by atoms with Crippen LogP contribution in [0, 0.1) is 0 Å². The van der Waals surface area contributed by atoms with E-state index in [0.717, 1.165) is 0 Å². The Bertz CT molecular complexity index is 3640. The van der Waals surface area contributed by atoms with Gasteiger partial charge < -0.3 is 4.42 Å². The Morgan fingerprint density at radius 1 is 0.426 bits per heavy atom. The number of furan rings is 1. The van der Waals surface area contributed by atoms with Gasteiger partial charge >= 0.3 is 0 Å². The summed E-state index contributed by atoms with van der Waals surface area (Å²) in [5, 5.41) is -0.0672. The molecule has 0 amide bonds. The summed E-state index contributed by atoms with van der Waals surface area (Å²) in [6.45, 7) is 0. The number of fused-ring (bicyclic) bond motifs is 4. The lowest BCUT2D eigenvalue weighted by molar-refractivity contribution is 0.669. The van der Waals surface area contributed by atoms with Gasteiger partial charge in [-0.2, -0.15) is 0 Å². The van der Waals surface area contributed by atoms with Gasteiger partial charge in [-0.05, 0) is 51.2 Å². The Morgan fingerprint density at radius 2 is 1.06 bits per heavy atom. The molecule has 0 aliphatic rings. The van der Waals surface area contributed by atoms with E-state index >= 15 is 0 Å². The zero-order valence-electron chi connectivity index (χ0n) is 43.8. The monoisotopic (exact) mass is 621 g/mol. The minimum absolute atomic E-state index is 0.139. The Morgan fingerprint density at radius 3 is 1.85 bits per heavy atom. The van der Waals surface area contributed by atoms with Crippen molar-refractivity contribution in [2.75, 3.05) is 0 Å². The van der Waals surface area contributed by atoms with Gasteiger partial charge in [0.2, 0.25) is 0 Å². The molecule has 7 aromatic carbocycles. The number of hydrogen-bond acceptors (Lipinski definition) is 4. The summed E-state index contributed by atoms with van der Waals surface area (Å²) in [7, 11) is 0. The average Bonchev–Trinajstić information content (AvgIpc) is 3.70. The quantitative estimate of drug-likeness (QED) is 0.192. The lowest BCUT2D eigenvalue weighted by Gasteiger charge is -2.12. The molecule has 0 aliphatic heterocycles. The number of rotatable bonds is 5. The highest BCUT2D eigenvalue weighted by atomic mass is 16.3. The van der Waals surface area contributed by atoms with E-state index in [2.05, 4.69) is 15.0 Å².